The van der Waals surface area contributed by atoms with Gasteiger partial charge in [0.05, 0.1) is 30.6 Å². The Kier molecular flexibility index (Phi) is 3.85. The van der Waals surface area contributed by atoms with E-state index in [4.69, 9.17) is 21.1 Å². The van der Waals surface area contributed by atoms with Crippen molar-refractivity contribution >= 4 is 17.6 Å². The van der Waals surface area contributed by atoms with Gasteiger partial charge in [0.2, 0.25) is 0 Å². The Balaban J connectivity index is 2.02. The topological polar surface area (TPSA) is 73.6 Å². The van der Waals surface area contributed by atoms with Crippen molar-refractivity contribution in [3.8, 4) is 28.4 Å². The number of carbonyl (C=O) groups is 1. The molecule has 2 aromatic carbocycles. The van der Waals surface area contributed by atoms with Crippen LogP contribution >= 0.6 is 11.6 Å². The van der Waals surface area contributed by atoms with Crippen LogP contribution in [-0.4, -0.2) is 35.1 Å². The highest BCUT2D eigenvalue weighted by atomic mass is 35.5. The number of para-hydroxylation sites is 1. The number of ether oxygens (including phenoxy) is 2. The Morgan fingerprint density at radius 3 is 2.54 bits per heavy atom. The van der Waals surface area contributed by atoms with E-state index in [0.29, 0.717) is 39.9 Å². The number of rotatable bonds is 4. The number of hydrogen-bond acceptors (Lipinski definition) is 4. The molecule has 0 spiro atoms. The summed E-state index contributed by atoms with van der Waals surface area (Å²) in [6.45, 7) is 0. The molecule has 6 nitrogen and oxygen atoms in total. The second-order valence-electron chi connectivity index (χ2n) is 5.89. The zero-order valence-electron chi connectivity index (χ0n) is 14.1. The number of nitrogens with zero attached hydrogens (tertiary/aromatic N) is 2. The molecular weight excluding hydrogens is 356 g/mol. The summed E-state index contributed by atoms with van der Waals surface area (Å²) in [5, 5.41) is 14.4. The molecule has 1 aliphatic carbocycles. The summed E-state index contributed by atoms with van der Waals surface area (Å²) < 4.78 is 12.4. The molecule has 0 amide bonds. The van der Waals surface area contributed by atoms with Crippen LogP contribution in [0.2, 0.25) is 5.02 Å². The molecule has 1 heterocycles. The van der Waals surface area contributed by atoms with Crippen LogP contribution in [0.5, 0.6) is 11.5 Å². The van der Waals surface area contributed by atoms with E-state index in [1.165, 1.54) is 0 Å². The fourth-order valence-corrected chi connectivity index (χ4v) is 3.56. The highest BCUT2D eigenvalue weighted by Crippen LogP contribution is 2.45. The fourth-order valence-electron chi connectivity index (χ4n) is 3.34. The molecule has 0 bridgehead atoms. The SMILES string of the molecule is COc1cc2c(cc1OC)-c1c(c(C(=O)O)nn1-c1ccccc1Cl)C2. The molecular formula is C19H15ClN2O4. The minimum absolute atomic E-state index is 0.0223. The molecule has 26 heavy (non-hydrogen) atoms. The van der Waals surface area contributed by atoms with Gasteiger partial charge >= 0.3 is 5.97 Å². The van der Waals surface area contributed by atoms with E-state index in [1.54, 1.807) is 31.0 Å². The summed E-state index contributed by atoms with van der Waals surface area (Å²) in [6, 6.07) is 10.9. The van der Waals surface area contributed by atoms with Gasteiger partial charge in [-0.2, -0.15) is 5.10 Å². The first kappa shape index (κ1) is 16.5. The van der Waals surface area contributed by atoms with Gasteiger partial charge in [-0.05, 0) is 29.8 Å². The predicted molar refractivity (Wildman–Crippen MR) is 96.9 cm³/mol. The maximum Gasteiger partial charge on any atom is 0.356 e. The Bertz CT molecular complexity index is 1040. The lowest BCUT2D eigenvalue weighted by Gasteiger charge is -2.12. The molecule has 7 heteroatoms. The number of halogens is 1. The lowest BCUT2D eigenvalue weighted by atomic mass is 10.1. The Labute approximate surface area is 154 Å². The molecule has 0 aliphatic heterocycles. The lowest BCUT2D eigenvalue weighted by Crippen LogP contribution is -2.05. The van der Waals surface area contributed by atoms with Gasteiger partial charge in [0.1, 0.15) is 0 Å². The van der Waals surface area contributed by atoms with Crippen molar-refractivity contribution in [2.45, 2.75) is 6.42 Å². The number of methoxy groups -OCH3 is 2. The van der Waals surface area contributed by atoms with E-state index in [0.717, 1.165) is 11.1 Å². The van der Waals surface area contributed by atoms with Crippen LogP contribution in [0.4, 0.5) is 0 Å². The normalized spacial score (nSPS) is 11.8. The van der Waals surface area contributed by atoms with Crippen molar-refractivity contribution in [1.29, 1.82) is 0 Å². The molecule has 1 N–H and O–H groups in total. The third kappa shape index (κ3) is 2.34. The maximum atomic E-state index is 11.7. The van der Waals surface area contributed by atoms with Crippen LogP contribution in [-0.2, 0) is 6.42 Å². The predicted octanol–water partition coefficient (Wildman–Crippen LogP) is 3.81. The molecule has 0 unspecified atom stereocenters. The quantitative estimate of drug-likeness (QED) is 0.591. The maximum absolute atomic E-state index is 11.7. The number of hydrogen-bond donors (Lipinski definition) is 1. The molecule has 0 saturated carbocycles. The average molecular weight is 371 g/mol. The van der Waals surface area contributed by atoms with Crippen molar-refractivity contribution in [3.63, 3.8) is 0 Å². The second kappa shape index (κ2) is 6.07. The summed E-state index contributed by atoms with van der Waals surface area (Å²) in [5.41, 5.74) is 3.83. The summed E-state index contributed by atoms with van der Waals surface area (Å²) in [4.78, 5) is 11.7. The van der Waals surface area contributed by atoms with Gasteiger partial charge < -0.3 is 14.6 Å². The van der Waals surface area contributed by atoms with Crippen LogP contribution in [0, 0.1) is 0 Å². The van der Waals surface area contributed by atoms with E-state index < -0.39 is 5.97 Å². The molecule has 3 aromatic rings. The van der Waals surface area contributed by atoms with Gasteiger partial charge in [-0.15, -0.1) is 0 Å². The van der Waals surface area contributed by atoms with Crippen LogP contribution in [0.3, 0.4) is 0 Å². The monoisotopic (exact) mass is 370 g/mol. The zero-order chi connectivity index (χ0) is 18.4. The number of aromatic nitrogens is 2. The minimum atomic E-state index is -1.07. The van der Waals surface area contributed by atoms with Gasteiger partial charge in [0.25, 0.3) is 0 Å². The van der Waals surface area contributed by atoms with Gasteiger partial charge in [-0.1, -0.05) is 23.7 Å². The summed E-state index contributed by atoms with van der Waals surface area (Å²) >= 11 is 6.33. The molecule has 0 radical (unpaired) electrons. The van der Waals surface area contributed by atoms with Crippen LogP contribution in [0.25, 0.3) is 16.9 Å². The van der Waals surface area contributed by atoms with Crippen LogP contribution in [0.15, 0.2) is 36.4 Å². The Morgan fingerprint density at radius 1 is 1.19 bits per heavy atom. The smallest absolute Gasteiger partial charge is 0.356 e. The van der Waals surface area contributed by atoms with Gasteiger partial charge in [0, 0.05) is 17.5 Å². The number of carboxylic acid groups (broad SMARTS) is 1. The van der Waals surface area contributed by atoms with Crippen molar-refractivity contribution in [3.05, 3.63) is 58.2 Å². The number of benzene rings is 2. The Hall–Kier alpha value is -2.99. The molecule has 0 saturated heterocycles. The van der Waals surface area contributed by atoms with E-state index in [1.807, 2.05) is 24.3 Å². The summed E-state index contributed by atoms with van der Waals surface area (Å²) in [6.07, 6.45) is 0.455. The lowest BCUT2D eigenvalue weighted by molar-refractivity contribution is 0.0689. The summed E-state index contributed by atoms with van der Waals surface area (Å²) in [7, 11) is 3.13. The third-order valence-corrected chi connectivity index (χ3v) is 4.82. The number of aromatic carboxylic acids is 1. The standard InChI is InChI=1S/C19H15ClN2O4/c1-25-15-8-10-7-12-17(19(23)24)21-22(14-6-4-3-5-13(14)20)18(12)11(10)9-16(15)26-2/h3-6,8-9H,7H2,1-2H3,(H,23,24). The van der Waals surface area contributed by atoms with E-state index in [-0.39, 0.29) is 5.69 Å². The second-order valence-corrected chi connectivity index (χ2v) is 6.29. The van der Waals surface area contributed by atoms with E-state index >= 15 is 0 Å². The first-order chi connectivity index (χ1) is 12.5. The highest BCUT2D eigenvalue weighted by Gasteiger charge is 2.32. The van der Waals surface area contributed by atoms with Gasteiger partial charge in [0.15, 0.2) is 17.2 Å². The van der Waals surface area contributed by atoms with Crippen molar-refractivity contribution < 1.29 is 19.4 Å². The van der Waals surface area contributed by atoms with Gasteiger partial charge in [-0.25, -0.2) is 9.48 Å². The highest BCUT2D eigenvalue weighted by molar-refractivity contribution is 6.32. The average Bonchev–Trinajstić information content (AvgIpc) is 3.17. The zero-order valence-corrected chi connectivity index (χ0v) is 14.9. The molecule has 1 aromatic heterocycles. The van der Waals surface area contributed by atoms with Gasteiger partial charge in [-0.3, -0.25) is 0 Å². The largest absolute Gasteiger partial charge is 0.493 e. The minimum Gasteiger partial charge on any atom is -0.493 e. The van der Waals surface area contributed by atoms with Crippen LogP contribution < -0.4 is 9.47 Å². The van der Waals surface area contributed by atoms with Crippen molar-refractivity contribution in [2.75, 3.05) is 14.2 Å². The first-order valence-corrected chi connectivity index (χ1v) is 8.28. The van der Waals surface area contributed by atoms with Crippen LogP contribution in [0.1, 0.15) is 21.6 Å². The Morgan fingerprint density at radius 2 is 1.88 bits per heavy atom. The molecule has 1 aliphatic rings. The van der Waals surface area contributed by atoms with E-state index in [2.05, 4.69) is 5.10 Å². The summed E-state index contributed by atoms with van der Waals surface area (Å²) in [5.74, 6) is 0.104. The third-order valence-electron chi connectivity index (χ3n) is 4.50. The molecule has 4 rings (SSSR count). The number of carboxylic acids is 1. The molecule has 0 fully saturated rings. The molecule has 0 atom stereocenters. The number of fused-ring (bicyclic) bond motifs is 3. The van der Waals surface area contributed by atoms with E-state index in [9.17, 15) is 9.90 Å². The van der Waals surface area contributed by atoms with Crippen molar-refractivity contribution in [1.82, 2.24) is 9.78 Å². The first-order valence-electron chi connectivity index (χ1n) is 7.90. The van der Waals surface area contributed by atoms with Crippen molar-refractivity contribution in [2.24, 2.45) is 0 Å². The fraction of sp³-hybridized carbons (Fsp3) is 0.158. The molecule has 132 valence electrons.